The highest BCUT2D eigenvalue weighted by Crippen LogP contribution is 2.33. The largest absolute Gasteiger partial charge is 0.343 e. The minimum Gasteiger partial charge on any atom is -0.343 e. The van der Waals surface area contributed by atoms with Crippen molar-refractivity contribution in [3.63, 3.8) is 0 Å². The zero-order chi connectivity index (χ0) is 11.9. The molecule has 5 heteroatoms. The molecule has 0 radical (unpaired) electrons. The molecule has 0 atom stereocenters. The molecule has 4 heterocycles. The molecule has 4 rings (SSSR count). The molecule has 4 nitrogen and oxygen atoms in total. The molecule has 0 amide bonds. The van der Waals surface area contributed by atoms with Crippen LogP contribution in [0.1, 0.15) is 10.4 Å². The maximum Gasteiger partial charge on any atom is 0.177 e. The molecule has 3 aromatic heterocycles. The first-order chi connectivity index (χ1) is 8.90. The lowest BCUT2D eigenvalue weighted by molar-refractivity contribution is 0.653. The highest BCUT2D eigenvalue weighted by Gasteiger charge is 2.14. The Hall–Kier alpha value is -1.72. The quantitative estimate of drug-likeness (QED) is 0.702. The summed E-state index contributed by atoms with van der Waals surface area (Å²) in [6.07, 6.45) is 4.73. The topological polar surface area (TPSA) is 53.6 Å². The molecule has 18 heavy (non-hydrogen) atoms. The zero-order valence-electron chi connectivity index (χ0n) is 9.73. The number of pyridine rings is 1. The monoisotopic (exact) mass is 256 g/mol. The van der Waals surface area contributed by atoms with Gasteiger partial charge in [-0.05, 0) is 24.1 Å². The SMILES string of the molecule is c1nc2ncc(-c3cc4c(s3)CCNC4)cc2[nH]1. The van der Waals surface area contributed by atoms with Crippen LogP contribution in [-0.2, 0) is 13.0 Å². The normalized spacial score (nSPS) is 14.9. The summed E-state index contributed by atoms with van der Waals surface area (Å²) in [5, 5.41) is 3.41. The van der Waals surface area contributed by atoms with Gasteiger partial charge in [0.15, 0.2) is 5.65 Å². The van der Waals surface area contributed by atoms with Crippen molar-refractivity contribution in [3.05, 3.63) is 35.1 Å². The summed E-state index contributed by atoms with van der Waals surface area (Å²) < 4.78 is 0. The van der Waals surface area contributed by atoms with Gasteiger partial charge in [0, 0.05) is 34.6 Å². The molecular weight excluding hydrogens is 244 g/mol. The summed E-state index contributed by atoms with van der Waals surface area (Å²) in [5.41, 5.74) is 4.39. The molecule has 0 fully saturated rings. The highest BCUT2D eigenvalue weighted by atomic mass is 32.1. The second-order valence-corrected chi connectivity index (χ2v) is 5.62. The summed E-state index contributed by atoms with van der Waals surface area (Å²) in [4.78, 5) is 14.4. The van der Waals surface area contributed by atoms with E-state index in [9.17, 15) is 0 Å². The van der Waals surface area contributed by atoms with E-state index < -0.39 is 0 Å². The van der Waals surface area contributed by atoms with Gasteiger partial charge in [0.1, 0.15) is 0 Å². The van der Waals surface area contributed by atoms with E-state index >= 15 is 0 Å². The van der Waals surface area contributed by atoms with Gasteiger partial charge in [-0.25, -0.2) is 9.97 Å². The summed E-state index contributed by atoms with van der Waals surface area (Å²) >= 11 is 1.89. The first-order valence-corrected chi connectivity index (χ1v) is 6.83. The van der Waals surface area contributed by atoms with Crippen LogP contribution in [0.2, 0.25) is 0 Å². The standard InChI is InChI=1S/C13H12N4S/c1-2-14-5-9-4-12(18-11(1)9)8-3-10-13(15-6-8)17-7-16-10/h3-4,6-7,14H,1-2,5H2,(H,15,16,17). The van der Waals surface area contributed by atoms with Gasteiger partial charge in [-0.1, -0.05) is 0 Å². The van der Waals surface area contributed by atoms with Crippen molar-refractivity contribution in [2.45, 2.75) is 13.0 Å². The average molecular weight is 256 g/mol. The summed E-state index contributed by atoms with van der Waals surface area (Å²) in [5.74, 6) is 0. The van der Waals surface area contributed by atoms with Gasteiger partial charge >= 0.3 is 0 Å². The molecular formula is C13H12N4S. The van der Waals surface area contributed by atoms with Crippen LogP contribution < -0.4 is 5.32 Å². The first-order valence-electron chi connectivity index (χ1n) is 6.02. The number of nitrogens with zero attached hydrogens (tertiary/aromatic N) is 2. The smallest absolute Gasteiger partial charge is 0.177 e. The number of fused-ring (bicyclic) bond motifs is 2. The van der Waals surface area contributed by atoms with E-state index in [1.807, 2.05) is 17.5 Å². The Morgan fingerprint density at radius 2 is 2.22 bits per heavy atom. The van der Waals surface area contributed by atoms with Crippen LogP contribution in [0.3, 0.4) is 0 Å². The van der Waals surface area contributed by atoms with Crippen LogP contribution in [0.25, 0.3) is 21.6 Å². The van der Waals surface area contributed by atoms with Crippen LogP contribution in [-0.4, -0.2) is 21.5 Å². The molecule has 0 saturated heterocycles. The van der Waals surface area contributed by atoms with Gasteiger partial charge < -0.3 is 10.3 Å². The molecule has 1 aliphatic heterocycles. The molecule has 3 aromatic rings. The molecule has 90 valence electrons. The Bertz CT molecular complexity index is 689. The summed E-state index contributed by atoms with van der Waals surface area (Å²) in [6.45, 7) is 2.08. The van der Waals surface area contributed by atoms with Gasteiger partial charge in [-0.3, -0.25) is 0 Å². The van der Waals surface area contributed by atoms with Crippen molar-refractivity contribution in [3.8, 4) is 10.4 Å². The molecule has 1 aliphatic rings. The van der Waals surface area contributed by atoms with Crippen LogP contribution in [0.5, 0.6) is 0 Å². The Labute approximate surface area is 108 Å². The zero-order valence-corrected chi connectivity index (χ0v) is 10.5. The lowest BCUT2D eigenvalue weighted by Crippen LogP contribution is -2.21. The number of imidazole rings is 1. The summed E-state index contributed by atoms with van der Waals surface area (Å²) in [6, 6.07) is 4.41. The molecule has 0 spiro atoms. The van der Waals surface area contributed by atoms with Crippen LogP contribution in [0.15, 0.2) is 24.7 Å². The Kier molecular flexibility index (Phi) is 2.21. The van der Waals surface area contributed by atoms with Gasteiger partial charge in [0.05, 0.1) is 11.8 Å². The second-order valence-electron chi connectivity index (χ2n) is 4.48. The number of nitrogens with one attached hydrogen (secondary N) is 2. The number of aromatic amines is 1. The number of hydrogen-bond donors (Lipinski definition) is 2. The Morgan fingerprint density at radius 3 is 3.17 bits per heavy atom. The molecule has 0 bridgehead atoms. The van der Waals surface area contributed by atoms with Crippen molar-refractivity contribution in [1.29, 1.82) is 0 Å². The first kappa shape index (κ1) is 10.2. The van der Waals surface area contributed by atoms with E-state index in [2.05, 4.69) is 32.4 Å². The van der Waals surface area contributed by atoms with Gasteiger partial charge in [-0.15, -0.1) is 11.3 Å². The van der Waals surface area contributed by atoms with Gasteiger partial charge in [0.25, 0.3) is 0 Å². The number of thiophene rings is 1. The molecule has 0 unspecified atom stereocenters. The van der Waals surface area contributed by atoms with E-state index in [1.165, 1.54) is 20.9 Å². The Balaban J connectivity index is 1.83. The Morgan fingerprint density at radius 1 is 1.22 bits per heavy atom. The van der Waals surface area contributed by atoms with Crippen molar-refractivity contribution < 1.29 is 0 Å². The number of aromatic nitrogens is 3. The minimum atomic E-state index is 0.779. The van der Waals surface area contributed by atoms with Crippen molar-refractivity contribution in [1.82, 2.24) is 20.3 Å². The van der Waals surface area contributed by atoms with Crippen molar-refractivity contribution in [2.75, 3.05) is 6.54 Å². The third-order valence-corrected chi connectivity index (χ3v) is 4.59. The van der Waals surface area contributed by atoms with E-state index in [-0.39, 0.29) is 0 Å². The predicted molar refractivity (Wildman–Crippen MR) is 72.6 cm³/mol. The van der Waals surface area contributed by atoms with E-state index in [0.29, 0.717) is 0 Å². The van der Waals surface area contributed by atoms with E-state index in [0.717, 1.165) is 30.7 Å². The van der Waals surface area contributed by atoms with E-state index in [1.54, 1.807) is 6.33 Å². The van der Waals surface area contributed by atoms with Crippen LogP contribution >= 0.6 is 11.3 Å². The maximum atomic E-state index is 4.37. The lowest BCUT2D eigenvalue weighted by atomic mass is 10.1. The summed E-state index contributed by atoms with van der Waals surface area (Å²) in [7, 11) is 0. The second kappa shape index (κ2) is 3.90. The fourth-order valence-corrected chi connectivity index (χ4v) is 3.52. The van der Waals surface area contributed by atoms with Crippen molar-refractivity contribution in [2.24, 2.45) is 0 Å². The highest BCUT2D eigenvalue weighted by molar-refractivity contribution is 7.15. The number of rotatable bonds is 1. The van der Waals surface area contributed by atoms with Crippen LogP contribution in [0.4, 0.5) is 0 Å². The van der Waals surface area contributed by atoms with Gasteiger partial charge in [-0.2, -0.15) is 0 Å². The third-order valence-electron chi connectivity index (χ3n) is 3.30. The predicted octanol–water partition coefficient (Wildman–Crippen LogP) is 2.33. The lowest BCUT2D eigenvalue weighted by Gasteiger charge is -2.10. The molecule has 0 aliphatic carbocycles. The third kappa shape index (κ3) is 1.55. The number of hydrogen-bond acceptors (Lipinski definition) is 4. The maximum absolute atomic E-state index is 4.37. The fraction of sp³-hybridized carbons (Fsp3) is 0.231. The van der Waals surface area contributed by atoms with E-state index in [4.69, 9.17) is 0 Å². The van der Waals surface area contributed by atoms with Crippen molar-refractivity contribution >= 4 is 22.5 Å². The van der Waals surface area contributed by atoms with Gasteiger partial charge in [0.2, 0.25) is 0 Å². The number of H-pyrrole nitrogens is 1. The van der Waals surface area contributed by atoms with Crippen LogP contribution in [0, 0.1) is 0 Å². The average Bonchev–Trinajstić information content (AvgIpc) is 3.04. The molecule has 0 aromatic carbocycles. The minimum absolute atomic E-state index is 0.779. The molecule has 2 N–H and O–H groups in total. The molecule has 0 saturated carbocycles. The fourth-order valence-electron chi connectivity index (χ4n) is 2.36.